The van der Waals surface area contributed by atoms with Crippen LogP contribution in [0.4, 0.5) is 0 Å². The molecule has 0 spiro atoms. The average molecular weight is 128 g/mol. The Hall–Kier alpha value is -1.13. The van der Waals surface area contributed by atoms with E-state index in [4.69, 9.17) is 11.1 Å². The summed E-state index contributed by atoms with van der Waals surface area (Å²) in [4.78, 5) is 2.52. The van der Waals surface area contributed by atoms with Crippen LogP contribution in [0, 0.1) is 5.53 Å². The van der Waals surface area contributed by atoms with Gasteiger partial charge in [-0.15, -0.1) is 0 Å². The van der Waals surface area contributed by atoms with E-state index in [-0.39, 0.29) is 6.67 Å². The fraction of sp³-hybridized carbons (Fsp3) is 1.00. The summed E-state index contributed by atoms with van der Waals surface area (Å²) in [5.74, 6) is 0. The van der Waals surface area contributed by atoms with Crippen molar-refractivity contribution in [3.8, 4) is 0 Å². The third-order valence-electron chi connectivity index (χ3n) is 0.646. The van der Waals surface area contributed by atoms with Crippen molar-refractivity contribution >= 4 is 0 Å². The molecule has 0 heterocycles. The van der Waals surface area contributed by atoms with Crippen molar-refractivity contribution in [2.75, 3.05) is 19.8 Å². The summed E-state index contributed by atoms with van der Waals surface area (Å²) in [6, 6.07) is 0. The fourth-order valence-corrected chi connectivity index (χ4v) is 0.296. The van der Waals surface area contributed by atoms with Crippen LogP contribution in [0.25, 0.3) is 10.4 Å². The van der Waals surface area contributed by atoms with Gasteiger partial charge in [-0.3, -0.25) is 0 Å². The highest BCUT2D eigenvalue weighted by atomic mass is 15.2. The molecule has 0 rings (SSSR count). The van der Waals surface area contributed by atoms with Gasteiger partial charge >= 0.3 is 0 Å². The van der Waals surface area contributed by atoms with Gasteiger partial charge in [0.25, 0.3) is 0 Å². The van der Waals surface area contributed by atoms with Gasteiger partial charge < -0.3 is 5.32 Å². The predicted octanol–water partition coefficient (Wildman–Crippen LogP) is 0.875. The van der Waals surface area contributed by atoms with Gasteiger partial charge in [0, 0.05) is 11.5 Å². The van der Waals surface area contributed by atoms with Gasteiger partial charge in [0.05, 0.1) is 13.2 Å². The van der Waals surface area contributed by atoms with Crippen LogP contribution < -0.4 is 5.32 Å². The van der Waals surface area contributed by atoms with E-state index in [2.05, 4.69) is 20.5 Å². The quantitative estimate of drug-likeness (QED) is 0.244. The van der Waals surface area contributed by atoms with E-state index in [1.165, 1.54) is 0 Å². The number of hydrogen-bond donors (Lipinski definition) is 2. The van der Waals surface area contributed by atoms with E-state index < -0.39 is 0 Å². The third kappa shape index (κ3) is 6.87. The van der Waals surface area contributed by atoms with Gasteiger partial charge in [-0.2, -0.15) is 5.11 Å². The highest BCUT2D eigenvalue weighted by Gasteiger charge is 1.78. The Bertz CT molecular complexity index is 113. The zero-order chi connectivity index (χ0) is 6.95. The number of rotatable bonds is 5. The lowest BCUT2D eigenvalue weighted by Crippen LogP contribution is -2.16. The summed E-state index contributed by atoms with van der Waals surface area (Å²) in [7, 11) is 0. The van der Waals surface area contributed by atoms with Crippen LogP contribution in [0.1, 0.15) is 0 Å². The highest BCUT2D eigenvalue weighted by molar-refractivity contribution is 4.46. The molecule has 0 aromatic carbocycles. The molecule has 0 amide bonds. The van der Waals surface area contributed by atoms with Crippen molar-refractivity contribution < 1.29 is 0 Å². The highest BCUT2D eigenvalue weighted by Crippen LogP contribution is 1.66. The standard InChI is InChI=1S/C3H8N6/c4-7-2-1-6-3-8-9-5/h4,6H,1-3H2. The monoisotopic (exact) mass is 128 g/mol. The molecule has 0 atom stereocenters. The molecule has 0 aromatic heterocycles. The van der Waals surface area contributed by atoms with E-state index in [0.717, 1.165) is 0 Å². The zero-order valence-corrected chi connectivity index (χ0v) is 4.91. The van der Waals surface area contributed by atoms with Gasteiger partial charge in [0.1, 0.15) is 0 Å². The smallest absolute Gasteiger partial charge is 0.0747 e. The van der Waals surface area contributed by atoms with Gasteiger partial charge in [-0.25, -0.2) is 5.53 Å². The molecule has 6 heteroatoms. The van der Waals surface area contributed by atoms with E-state index >= 15 is 0 Å². The Balaban J connectivity index is 2.90. The number of azide groups is 1. The second-order valence-electron chi connectivity index (χ2n) is 1.27. The van der Waals surface area contributed by atoms with Crippen LogP contribution in [0.15, 0.2) is 10.2 Å². The Morgan fingerprint density at radius 3 is 3.00 bits per heavy atom. The molecule has 0 aliphatic rings. The molecule has 0 unspecified atom stereocenters. The van der Waals surface area contributed by atoms with Gasteiger partial charge in [0.2, 0.25) is 0 Å². The minimum absolute atomic E-state index is 0.270. The van der Waals surface area contributed by atoms with Crippen LogP contribution in [0.2, 0.25) is 0 Å². The van der Waals surface area contributed by atoms with Crippen molar-refractivity contribution in [3.63, 3.8) is 0 Å². The molecule has 50 valence electrons. The van der Waals surface area contributed by atoms with Gasteiger partial charge in [-0.05, 0) is 5.53 Å². The van der Waals surface area contributed by atoms with E-state index in [0.29, 0.717) is 13.1 Å². The lowest BCUT2D eigenvalue weighted by atomic mass is 10.6. The normalized spacial score (nSPS) is 8.00. The van der Waals surface area contributed by atoms with Crippen molar-refractivity contribution in [1.82, 2.24) is 5.32 Å². The maximum Gasteiger partial charge on any atom is 0.0747 e. The lowest BCUT2D eigenvalue weighted by molar-refractivity contribution is 0.689. The molecular formula is C3H8N6. The summed E-state index contributed by atoms with van der Waals surface area (Å²) < 4.78 is 0. The molecule has 0 fully saturated rings. The molecule has 0 aliphatic carbocycles. The molecule has 2 N–H and O–H groups in total. The Kier molecular flexibility index (Phi) is 6.01. The summed E-state index contributed by atoms with van der Waals surface area (Å²) in [6.07, 6.45) is 0. The maximum atomic E-state index is 7.78. The molecule has 0 bridgehead atoms. The van der Waals surface area contributed by atoms with Crippen LogP contribution in [-0.4, -0.2) is 19.8 Å². The number of nitrogens with zero attached hydrogens (tertiary/aromatic N) is 4. The van der Waals surface area contributed by atoms with E-state index in [1.807, 2.05) is 0 Å². The zero-order valence-electron chi connectivity index (χ0n) is 4.91. The minimum Gasteiger partial charge on any atom is -0.310 e. The van der Waals surface area contributed by atoms with Crippen molar-refractivity contribution in [2.24, 2.45) is 10.2 Å². The Morgan fingerprint density at radius 1 is 1.67 bits per heavy atom. The molecule has 0 saturated heterocycles. The van der Waals surface area contributed by atoms with Crippen molar-refractivity contribution in [1.29, 1.82) is 5.53 Å². The van der Waals surface area contributed by atoms with Gasteiger partial charge in [0.15, 0.2) is 0 Å². The molecule has 0 aliphatic heterocycles. The molecule has 6 nitrogen and oxygen atoms in total. The topological polar surface area (TPSA) is 97.0 Å². The van der Waals surface area contributed by atoms with Crippen LogP contribution in [0.3, 0.4) is 0 Å². The second kappa shape index (κ2) is 6.87. The molecule has 0 aromatic rings. The van der Waals surface area contributed by atoms with Crippen molar-refractivity contribution in [2.45, 2.75) is 0 Å². The first-order chi connectivity index (χ1) is 4.41. The summed E-state index contributed by atoms with van der Waals surface area (Å²) >= 11 is 0. The van der Waals surface area contributed by atoms with E-state index in [1.54, 1.807) is 0 Å². The lowest BCUT2D eigenvalue weighted by Gasteiger charge is -1.92. The van der Waals surface area contributed by atoms with Crippen LogP contribution >= 0.6 is 0 Å². The van der Waals surface area contributed by atoms with Crippen LogP contribution in [0.5, 0.6) is 0 Å². The molecular weight excluding hydrogens is 120 g/mol. The van der Waals surface area contributed by atoms with E-state index in [9.17, 15) is 0 Å². The van der Waals surface area contributed by atoms with Gasteiger partial charge in [-0.1, -0.05) is 5.11 Å². The first-order valence-corrected chi connectivity index (χ1v) is 2.46. The summed E-state index contributed by atoms with van der Waals surface area (Å²) in [5.41, 5.74) is 14.1. The Morgan fingerprint density at radius 2 is 2.44 bits per heavy atom. The van der Waals surface area contributed by atoms with Crippen LogP contribution in [-0.2, 0) is 0 Å². The summed E-state index contributed by atoms with van der Waals surface area (Å²) in [6.45, 7) is 1.29. The number of hydrogen-bond acceptors (Lipinski definition) is 4. The molecule has 0 saturated carbocycles. The minimum atomic E-state index is 0.270. The third-order valence-corrected chi connectivity index (χ3v) is 0.646. The Labute approximate surface area is 52.4 Å². The molecule has 9 heavy (non-hydrogen) atoms. The SMILES string of the molecule is [N-]=[N+]=NCNCCN=N. The average Bonchev–Trinajstić information content (AvgIpc) is 1.89. The second-order valence-corrected chi connectivity index (χ2v) is 1.27. The fourth-order valence-electron chi connectivity index (χ4n) is 0.296. The number of nitrogens with one attached hydrogen (secondary N) is 2. The van der Waals surface area contributed by atoms with Crippen molar-refractivity contribution in [3.05, 3.63) is 10.4 Å². The molecule has 0 radical (unpaired) electrons. The maximum absolute atomic E-state index is 7.78. The predicted molar refractivity (Wildman–Crippen MR) is 32.0 cm³/mol. The summed E-state index contributed by atoms with van der Waals surface area (Å²) in [5, 5.41) is 9.05. The first-order valence-electron chi connectivity index (χ1n) is 2.46. The first kappa shape index (κ1) is 7.87. The largest absolute Gasteiger partial charge is 0.310 e.